The normalized spacial score (nSPS) is 24.0. The van der Waals surface area contributed by atoms with Gasteiger partial charge in [0.05, 0.1) is 11.6 Å². The smallest absolute Gasteiger partial charge is 0.257 e. The highest BCUT2D eigenvalue weighted by Gasteiger charge is 2.46. The molecule has 2 unspecified atom stereocenters. The molecule has 0 radical (unpaired) electrons. The number of thiocarbonyl (C=S) groups is 1. The topological polar surface area (TPSA) is 70.6 Å². The Balaban J connectivity index is 1.89. The molecule has 0 bridgehead atoms. The number of rotatable bonds is 5. The first-order valence-electron chi connectivity index (χ1n) is 9.57. The first kappa shape index (κ1) is 21.4. The molecule has 0 aromatic heterocycles. The number of nitrogens with one attached hydrogen (secondary N) is 2. The maximum absolute atomic E-state index is 14.8. The van der Waals surface area contributed by atoms with Crippen LogP contribution in [0.15, 0.2) is 54.6 Å². The molecule has 5 nitrogen and oxygen atoms in total. The number of hydrogen-bond acceptors (Lipinski definition) is 4. The van der Waals surface area contributed by atoms with Gasteiger partial charge in [0, 0.05) is 30.8 Å². The Bertz CT molecular complexity index is 864. The molecule has 1 aliphatic carbocycles. The second-order valence-corrected chi connectivity index (χ2v) is 7.65. The number of carbonyl (C=O) groups excluding carboxylic acids is 1. The molecular formula is C22H25FN2O3S. The molecule has 3 atom stereocenters. The van der Waals surface area contributed by atoms with Gasteiger partial charge in [0.1, 0.15) is 5.82 Å². The molecule has 0 heterocycles. The Hall–Kier alpha value is -2.35. The van der Waals surface area contributed by atoms with Crippen LogP contribution < -0.4 is 10.6 Å². The maximum Gasteiger partial charge on any atom is 0.257 e. The summed E-state index contributed by atoms with van der Waals surface area (Å²) in [5.74, 6) is -1.07. The van der Waals surface area contributed by atoms with Crippen molar-refractivity contribution >= 4 is 23.2 Å². The Labute approximate surface area is 175 Å². The van der Waals surface area contributed by atoms with E-state index in [1.165, 1.54) is 6.07 Å². The lowest BCUT2D eigenvalue weighted by Crippen LogP contribution is -2.58. The molecule has 29 heavy (non-hydrogen) atoms. The van der Waals surface area contributed by atoms with Gasteiger partial charge >= 0.3 is 0 Å². The molecule has 0 saturated heterocycles. The van der Waals surface area contributed by atoms with E-state index < -0.39 is 5.54 Å². The molecule has 1 amide bonds. The van der Waals surface area contributed by atoms with Gasteiger partial charge in [-0.3, -0.25) is 10.1 Å². The summed E-state index contributed by atoms with van der Waals surface area (Å²) in [7, 11) is 1.63. The predicted molar refractivity (Wildman–Crippen MR) is 113 cm³/mol. The van der Waals surface area contributed by atoms with Gasteiger partial charge in [-0.05, 0) is 49.7 Å². The average molecular weight is 417 g/mol. The molecule has 0 aliphatic heterocycles. The first-order valence-corrected chi connectivity index (χ1v) is 9.98. The summed E-state index contributed by atoms with van der Waals surface area (Å²) in [5.41, 5.74) is -0.0563. The fraction of sp³-hybridized carbons (Fsp3) is 0.364. The van der Waals surface area contributed by atoms with Crippen LogP contribution in [0.3, 0.4) is 0 Å². The van der Waals surface area contributed by atoms with Gasteiger partial charge in [-0.2, -0.15) is 0 Å². The van der Waals surface area contributed by atoms with Gasteiger partial charge in [0.15, 0.2) is 5.11 Å². The fourth-order valence-electron chi connectivity index (χ4n) is 4.08. The molecule has 0 spiro atoms. The van der Waals surface area contributed by atoms with Gasteiger partial charge in [-0.15, -0.1) is 0 Å². The van der Waals surface area contributed by atoms with Crippen molar-refractivity contribution in [1.29, 1.82) is 0 Å². The van der Waals surface area contributed by atoms with Crippen molar-refractivity contribution in [2.45, 2.75) is 30.9 Å². The minimum absolute atomic E-state index is 0.0265. The summed E-state index contributed by atoms with van der Waals surface area (Å²) < 4.78 is 20.3. The highest BCUT2D eigenvalue weighted by atomic mass is 32.1. The second kappa shape index (κ2) is 9.43. The van der Waals surface area contributed by atoms with Gasteiger partial charge in [-0.1, -0.05) is 36.4 Å². The third kappa shape index (κ3) is 4.63. The van der Waals surface area contributed by atoms with Gasteiger partial charge in [0.25, 0.3) is 5.91 Å². The number of aliphatic hydroxyl groups excluding tert-OH is 1. The molecule has 2 aromatic rings. The number of halogens is 1. The van der Waals surface area contributed by atoms with Gasteiger partial charge < -0.3 is 15.2 Å². The third-order valence-corrected chi connectivity index (χ3v) is 5.82. The van der Waals surface area contributed by atoms with Crippen molar-refractivity contribution in [1.82, 2.24) is 10.6 Å². The number of carbonyl (C=O) groups is 1. The largest absolute Gasteiger partial charge is 0.396 e. The van der Waals surface area contributed by atoms with Crippen LogP contribution in [0.5, 0.6) is 0 Å². The highest BCUT2D eigenvalue weighted by Crippen LogP contribution is 2.43. The minimum atomic E-state index is -0.948. The zero-order chi connectivity index (χ0) is 20.9. The van der Waals surface area contributed by atoms with Crippen LogP contribution in [0.4, 0.5) is 4.39 Å². The number of aliphatic hydroxyl groups is 1. The second-order valence-electron chi connectivity index (χ2n) is 7.24. The van der Waals surface area contributed by atoms with Crippen molar-refractivity contribution in [2.24, 2.45) is 5.92 Å². The number of amides is 1. The quantitative estimate of drug-likeness (QED) is 0.654. The molecular weight excluding hydrogens is 391 g/mol. The lowest BCUT2D eigenvalue weighted by Gasteiger charge is -2.47. The maximum atomic E-state index is 14.8. The summed E-state index contributed by atoms with van der Waals surface area (Å²) >= 11 is 5.41. The van der Waals surface area contributed by atoms with Crippen LogP contribution in [0.1, 0.15) is 35.2 Å². The Morgan fingerprint density at radius 3 is 2.59 bits per heavy atom. The summed E-state index contributed by atoms with van der Waals surface area (Å²) in [6.07, 6.45) is 1.69. The molecule has 1 fully saturated rings. The number of benzene rings is 2. The van der Waals surface area contributed by atoms with E-state index in [1.807, 2.05) is 6.07 Å². The van der Waals surface area contributed by atoms with Crippen molar-refractivity contribution in [3.8, 4) is 0 Å². The van der Waals surface area contributed by atoms with E-state index in [1.54, 1.807) is 49.6 Å². The van der Waals surface area contributed by atoms with Crippen LogP contribution in [-0.4, -0.2) is 35.9 Å². The number of methoxy groups -OCH3 is 1. The van der Waals surface area contributed by atoms with Crippen molar-refractivity contribution in [3.05, 3.63) is 71.5 Å². The third-order valence-electron chi connectivity index (χ3n) is 5.61. The zero-order valence-corrected chi connectivity index (χ0v) is 17.0. The SMILES string of the molecule is COC1CCC(NC(=S)NC(=O)c2ccccc2)(c2ccccc2F)[C@H](CO)C1. The molecule has 3 N–H and O–H groups in total. The van der Waals surface area contributed by atoms with E-state index in [0.717, 1.165) is 0 Å². The first-order chi connectivity index (χ1) is 14.0. The van der Waals surface area contributed by atoms with E-state index in [0.29, 0.717) is 30.4 Å². The summed E-state index contributed by atoms with van der Waals surface area (Å²) in [6, 6.07) is 15.2. The Morgan fingerprint density at radius 1 is 1.24 bits per heavy atom. The monoisotopic (exact) mass is 416 g/mol. The number of ether oxygens (including phenoxy) is 1. The molecule has 1 aliphatic rings. The predicted octanol–water partition coefficient (Wildman–Crippen LogP) is 3.13. The standard InChI is InChI=1S/C22H25FN2O3S/c1-28-17-11-12-22(16(13-17)14-26,18-9-5-6-10-19(18)23)25-21(29)24-20(27)15-7-3-2-4-8-15/h2-10,16-17,26H,11-14H2,1H3,(H2,24,25,27,29)/t16-,17?,22?/m0/s1. The molecule has 1 saturated carbocycles. The van der Waals surface area contributed by atoms with Gasteiger partial charge in [0.2, 0.25) is 0 Å². The van der Waals surface area contributed by atoms with Crippen LogP contribution in [-0.2, 0) is 10.3 Å². The van der Waals surface area contributed by atoms with Crippen molar-refractivity contribution in [3.63, 3.8) is 0 Å². The molecule has 3 rings (SSSR count). The lowest BCUT2D eigenvalue weighted by atomic mass is 9.68. The molecule has 154 valence electrons. The van der Waals surface area contributed by atoms with Crippen LogP contribution in [0.25, 0.3) is 0 Å². The molecule has 2 aromatic carbocycles. The number of hydrogen-bond donors (Lipinski definition) is 3. The lowest BCUT2D eigenvalue weighted by molar-refractivity contribution is -0.00970. The zero-order valence-electron chi connectivity index (χ0n) is 16.2. The summed E-state index contributed by atoms with van der Waals surface area (Å²) in [5, 5.41) is 16.1. The Morgan fingerprint density at radius 2 is 1.93 bits per heavy atom. The minimum Gasteiger partial charge on any atom is -0.396 e. The van der Waals surface area contributed by atoms with Crippen LogP contribution in [0.2, 0.25) is 0 Å². The van der Waals surface area contributed by atoms with Crippen LogP contribution >= 0.6 is 12.2 Å². The van der Waals surface area contributed by atoms with E-state index in [2.05, 4.69) is 10.6 Å². The Kier molecular flexibility index (Phi) is 6.95. The summed E-state index contributed by atoms with van der Waals surface area (Å²) in [6.45, 7) is -0.170. The van der Waals surface area contributed by atoms with E-state index in [9.17, 15) is 14.3 Å². The summed E-state index contributed by atoms with van der Waals surface area (Å²) in [4.78, 5) is 12.5. The van der Waals surface area contributed by atoms with Gasteiger partial charge in [-0.25, -0.2) is 4.39 Å². The van der Waals surface area contributed by atoms with Crippen LogP contribution in [0, 0.1) is 11.7 Å². The highest BCUT2D eigenvalue weighted by molar-refractivity contribution is 7.80. The van der Waals surface area contributed by atoms with Crippen molar-refractivity contribution in [2.75, 3.05) is 13.7 Å². The van der Waals surface area contributed by atoms with E-state index in [-0.39, 0.29) is 35.5 Å². The van der Waals surface area contributed by atoms with Crippen molar-refractivity contribution < 1.29 is 19.0 Å². The fourth-order valence-corrected chi connectivity index (χ4v) is 4.36. The van der Waals surface area contributed by atoms with E-state index >= 15 is 0 Å². The van der Waals surface area contributed by atoms with E-state index in [4.69, 9.17) is 17.0 Å². The molecule has 7 heteroatoms. The average Bonchev–Trinajstić information content (AvgIpc) is 2.74.